The Morgan fingerprint density at radius 1 is 1.09 bits per heavy atom. The summed E-state index contributed by atoms with van der Waals surface area (Å²) in [6.07, 6.45) is 2.77. The van der Waals surface area contributed by atoms with Gasteiger partial charge in [-0.2, -0.15) is 4.68 Å². The number of carbonyl (C=O) groups is 1. The molecule has 0 saturated heterocycles. The molecule has 12 heteroatoms. The fraction of sp³-hybridized carbons (Fsp3) is 0.100. The Bertz CT molecular complexity index is 1290. The summed E-state index contributed by atoms with van der Waals surface area (Å²) in [5, 5.41) is 21.3. The van der Waals surface area contributed by atoms with Gasteiger partial charge in [-0.1, -0.05) is 41.9 Å². The second-order valence-corrected chi connectivity index (χ2v) is 7.17. The van der Waals surface area contributed by atoms with Crippen LogP contribution in [-0.4, -0.2) is 35.4 Å². The molecule has 0 bridgehead atoms. The Kier molecular flexibility index (Phi) is 5.90. The van der Waals surface area contributed by atoms with Gasteiger partial charge < -0.3 is 10.1 Å². The first-order valence-corrected chi connectivity index (χ1v) is 9.67. The van der Waals surface area contributed by atoms with E-state index in [0.29, 0.717) is 11.1 Å². The van der Waals surface area contributed by atoms with E-state index >= 15 is 0 Å². The topological polar surface area (TPSA) is 121 Å². The zero-order valence-electron chi connectivity index (χ0n) is 16.4. The summed E-state index contributed by atoms with van der Waals surface area (Å²) < 4.78 is 16.5. The fourth-order valence-electron chi connectivity index (χ4n) is 2.94. The second kappa shape index (κ2) is 8.94. The number of carbonyl (C=O) groups excluding carboxylic acids is 1. The third-order valence-corrected chi connectivity index (χ3v) is 4.75. The molecule has 0 aliphatic rings. The quantitative estimate of drug-likeness (QED) is 0.336. The van der Waals surface area contributed by atoms with E-state index < -0.39 is 16.6 Å². The van der Waals surface area contributed by atoms with Crippen LogP contribution < -0.4 is 5.32 Å². The van der Waals surface area contributed by atoms with E-state index in [2.05, 4.69) is 20.5 Å². The van der Waals surface area contributed by atoms with Gasteiger partial charge in [-0.05, 0) is 28.7 Å². The number of nitrogens with one attached hydrogen (secondary N) is 1. The van der Waals surface area contributed by atoms with Crippen molar-refractivity contribution in [1.82, 2.24) is 24.5 Å². The summed E-state index contributed by atoms with van der Waals surface area (Å²) in [6.45, 7) is 0.428. The molecule has 2 heterocycles. The summed E-state index contributed by atoms with van der Waals surface area (Å²) >= 11 is 5.79. The number of anilines is 1. The monoisotopic (exact) mass is 455 g/mol. The average molecular weight is 456 g/mol. The van der Waals surface area contributed by atoms with E-state index in [4.69, 9.17) is 11.6 Å². The van der Waals surface area contributed by atoms with Crippen LogP contribution >= 0.6 is 11.6 Å². The van der Waals surface area contributed by atoms with E-state index in [-0.39, 0.29) is 29.9 Å². The van der Waals surface area contributed by atoms with E-state index in [1.807, 2.05) is 0 Å². The number of nitrogens with zero attached hydrogens (tertiary/aromatic N) is 6. The number of rotatable bonds is 7. The van der Waals surface area contributed by atoms with Gasteiger partial charge in [0.25, 0.3) is 5.91 Å². The molecule has 1 amide bonds. The Labute approximate surface area is 185 Å². The summed E-state index contributed by atoms with van der Waals surface area (Å²) in [5.41, 5.74) is 1.58. The molecular weight excluding hydrogens is 441 g/mol. The van der Waals surface area contributed by atoms with Crippen molar-refractivity contribution in [3.05, 3.63) is 98.7 Å². The van der Waals surface area contributed by atoms with Gasteiger partial charge >= 0.3 is 5.82 Å². The Morgan fingerprint density at radius 2 is 1.84 bits per heavy atom. The van der Waals surface area contributed by atoms with Gasteiger partial charge in [-0.15, -0.1) is 5.10 Å². The summed E-state index contributed by atoms with van der Waals surface area (Å²) in [6, 6.07) is 12.9. The van der Waals surface area contributed by atoms with Crippen LogP contribution in [-0.2, 0) is 13.1 Å². The maximum absolute atomic E-state index is 13.8. The lowest BCUT2D eigenvalue weighted by Crippen LogP contribution is -2.13. The molecular formula is C20H15ClFN7O3. The van der Waals surface area contributed by atoms with E-state index in [1.165, 1.54) is 28.0 Å². The highest BCUT2D eigenvalue weighted by Crippen LogP contribution is 2.22. The second-order valence-electron chi connectivity index (χ2n) is 6.76. The highest BCUT2D eigenvalue weighted by atomic mass is 35.5. The maximum Gasteiger partial charge on any atom is 0.408 e. The van der Waals surface area contributed by atoms with Crippen molar-refractivity contribution in [1.29, 1.82) is 0 Å². The fourth-order valence-corrected chi connectivity index (χ4v) is 3.16. The van der Waals surface area contributed by atoms with Crippen LogP contribution in [0.25, 0.3) is 0 Å². The van der Waals surface area contributed by atoms with Gasteiger partial charge in [0.05, 0.1) is 24.4 Å². The number of aromatic nitrogens is 5. The summed E-state index contributed by atoms with van der Waals surface area (Å²) in [4.78, 5) is 26.7. The molecule has 0 radical (unpaired) electrons. The number of halogens is 2. The Morgan fingerprint density at radius 3 is 2.53 bits per heavy atom. The minimum absolute atomic E-state index is 0.0482. The number of benzene rings is 2. The first-order chi connectivity index (χ1) is 15.4. The van der Waals surface area contributed by atoms with Crippen molar-refractivity contribution < 1.29 is 14.1 Å². The highest BCUT2D eigenvalue weighted by molar-refractivity contribution is 6.32. The summed E-state index contributed by atoms with van der Waals surface area (Å²) in [5.74, 6) is -1.09. The number of nitro groups is 1. The first-order valence-electron chi connectivity index (χ1n) is 9.29. The molecule has 0 aliphatic heterocycles. The van der Waals surface area contributed by atoms with Crippen molar-refractivity contribution in [2.24, 2.45) is 0 Å². The van der Waals surface area contributed by atoms with Gasteiger partial charge in [-0.3, -0.25) is 10.1 Å². The molecule has 10 nitrogen and oxygen atoms in total. The molecule has 0 fully saturated rings. The molecule has 162 valence electrons. The van der Waals surface area contributed by atoms with Crippen LogP contribution in [0.4, 0.5) is 16.2 Å². The lowest BCUT2D eigenvalue weighted by Gasteiger charge is -2.04. The molecule has 2 aromatic carbocycles. The van der Waals surface area contributed by atoms with Gasteiger partial charge in [-0.25, -0.2) is 14.1 Å². The lowest BCUT2D eigenvalue weighted by molar-refractivity contribution is -0.389. The third-order valence-electron chi connectivity index (χ3n) is 4.48. The molecule has 0 spiro atoms. The number of hydrogen-bond acceptors (Lipinski definition) is 6. The molecule has 4 aromatic rings. The average Bonchev–Trinajstić information content (AvgIpc) is 3.36. The molecule has 32 heavy (non-hydrogen) atoms. The minimum Gasteiger partial charge on any atom is -0.358 e. The van der Waals surface area contributed by atoms with Crippen molar-refractivity contribution in [3.63, 3.8) is 0 Å². The predicted molar refractivity (Wildman–Crippen MR) is 113 cm³/mol. The van der Waals surface area contributed by atoms with Gasteiger partial charge in [0.2, 0.25) is 5.95 Å². The normalized spacial score (nSPS) is 10.8. The largest absolute Gasteiger partial charge is 0.408 e. The van der Waals surface area contributed by atoms with Gasteiger partial charge in [0.1, 0.15) is 12.1 Å². The lowest BCUT2D eigenvalue weighted by atomic mass is 10.1. The first kappa shape index (κ1) is 21.1. The molecule has 1 N–H and O–H groups in total. The van der Waals surface area contributed by atoms with E-state index in [0.717, 1.165) is 5.56 Å². The van der Waals surface area contributed by atoms with Crippen LogP contribution in [0.3, 0.4) is 0 Å². The molecule has 0 saturated carbocycles. The molecule has 0 aliphatic carbocycles. The number of hydrogen-bond donors (Lipinski definition) is 1. The Balaban J connectivity index is 1.38. The molecule has 0 atom stereocenters. The van der Waals surface area contributed by atoms with Crippen LogP contribution in [0.15, 0.2) is 61.1 Å². The smallest absolute Gasteiger partial charge is 0.358 e. The van der Waals surface area contributed by atoms with E-state index in [1.54, 1.807) is 42.5 Å². The molecule has 0 unspecified atom stereocenters. The van der Waals surface area contributed by atoms with Crippen molar-refractivity contribution in [2.45, 2.75) is 13.1 Å². The predicted octanol–water partition coefficient (Wildman–Crippen LogP) is 3.52. The zero-order chi connectivity index (χ0) is 22.7. The van der Waals surface area contributed by atoms with Gasteiger partial charge in [0, 0.05) is 11.1 Å². The minimum atomic E-state index is -0.655. The zero-order valence-corrected chi connectivity index (χ0v) is 17.1. The third kappa shape index (κ3) is 4.78. The maximum atomic E-state index is 13.8. The van der Waals surface area contributed by atoms with Crippen LogP contribution in [0, 0.1) is 15.9 Å². The highest BCUT2D eigenvalue weighted by Gasteiger charge is 2.19. The van der Waals surface area contributed by atoms with Crippen LogP contribution in [0.5, 0.6) is 0 Å². The number of amides is 1. The molecule has 4 rings (SSSR count). The van der Waals surface area contributed by atoms with Crippen LogP contribution in [0.1, 0.15) is 21.5 Å². The Hall–Kier alpha value is -4.12. The van der Waals surface area contributed by atoms with Crippen molar-refractivity contribution in [2.75, 3.05) is 5.32 Å². The van der Waals surface area contributed by atoms with Crippen LogP contribution in [0.2, 0.25) is 5.02 Å². The standard InChI is InChI=1S/C20H15ClFN7O3/c21-16-11-27(25-18(16)29(31)32)9-13-5-7-14(8-6-13)19(30)24-20-23-12-28(26-20)10-15-3-1-2-4-17(15)22/h1-8,11-12H,9-10H2,(H,24,26,30). The van der Waals surface area contributed by atoms with Crippen molar-refractivity contribution >= 4 is 29.3 Å². The van der Waals surface area contributed by atoms with Crippen molar-refractivity contribution in [3.8, 4) is 0 Å². The molecule has 2 aromatic heterocycles. The van der Waals surface area contributed by atoms with Gasteiger partial charge in [0.15, 0.2) is 5.02 Å². The van der Waals surface area contributed by atoms with E-state index in [9.17, 15) is 19.3 Å². The summed E-state index contributed by atoms with van der Waals surface area (Å²) in [7, 11) is 0. The SMILES string of the molecule is O=C(Nc1ncn(Cc2ccccc2F)n1)c1ccc(Cn2cc(Cl)c([N+](=O)[O-])n2)cc1.